The standard InChI is InChI=1S/C22H22N4O5/c1-13-9-10-16(11-19(13)26(29)30)21(27)23-20-14(2)24-25(15(20)3)12-17-7-5-6-8-18(17)22(28)31-4/h5-11H,12H2,1-4H3,(H,23,27). The van der Waals surface area contributed by atoms with E-state index in [0.717, 1.165) is 5.56 Å². The number of benzene rings is 2. The van der Waals surface area contributed by atoms with Crippen LogP contribution in [0.5, 0.6) is 0 Å². The minimum Gasteiger partial charge on any atom is -0.465 e. The summed E-state index contributed by atoms with van der Waals surface area (Å²) in [5, 5.41) is 18.4. The number of carbonyl (C=O) groups is 2. The Morgan fingerprint density at radius 1 is 1.16 bits per heavy atom. The Balaban J connectivity index is 1.88. The van der Waals surface area contributed by atoms with Crippen LogP contribution in [0, 0.1) is 30.9 Å². The van der Waals surface area contributed by atoms with Crippen LogP contribution in [0.15, 0.2) is 42.5 Å². The number of nitro benzene ring substituents is 1. The number of nitrogens with zero attached hydrogens (tertiary/aromatic N) is 3. The van der Waals surface area contributed by atoms with E-state index in [1.807, 2.05) is 12.1 Å². The van der Waals surface area contributed by atoms with Gasteiger partial charge in [-0.2, -0.15) is 5.10 Å². The highest BCUT2D eigenvalue weighted by Gasteiger charge is 2.20. The Kier molecular flexibility index (Phi) is 6.15. The highest BCUT2D eigenvalue weighted by molar-refractivity contribution is 6.05. The Morgan fingerprint density at radius 3 is 2.55 bits per heavy atom. The molecule has 0 saturated carbocycles. The molecule has 0 aliphatic rings. The first-order valence-corrected chi connectivity index (χ1v) is 9.49. The summed E-state index contributed by atoms with van der Waals surface area (Å²) < 4.78 is 6.52. The van der Waals surface area contributed by atoms with Gasteiger partial charge in [-0.15, -0.1) is 0 Å². The highest BCUT2D eigenvalue weighted by Crippen LogP contribution is 2.24. The largest absolute Gasteiger partial charge is 0.465 e. The summed E-state index contributed by atoms with van der Waals surface area (Å²) in [5.41, 5.74) is 3.50. The van der Waals surface area contributed by atoms with E-state index in [2.05, 4.69) is 10.4 Å². The number of esters is 1. The summed E-state index contributed by atoms with van der Waals surface area (Å²) in [6, 6.07) is 11.4. The average Bonchev–Trinajstić information content (AvgIpc) is 3.01. The molecule has 9 nitrogen and oxygen atoms in total. The van der Waals surface area contributed by atoms with Crippen LogP contribution in [-0.4, -0.2) is 33.7 Å². The molecule has 0 aliphatic heterocycles. The minimum absolute atomic E-state index is 0.115. The van der Waals surface area contributed by atoms with Crippen LogP contribution >= 0.6 is 0 Å². The van der Waals surface area contributed by atoms with Crippen molar-refractivity contribution < 1.29 is 19.2 Å². The molecule has 1 amide bonds. The van der Waals surface area contributed by atoms with Crippen molar-refractivity contribution in [3.8, 4) is 0 Å². The van der Waals surface area contributed by atoms with E-state index in [-0.39, 0.29) is 11.3 Å². The lowest BCUT2D eigenvalue weighted by molar-refractivity contribution is -0.385. The van der Waals surface area contributed by atoms with Gasteiger partial charge in [0.05, 0.1) is 41.2 Å². The molecular weight excluding hydrogens is 400 g/mol. The van der Waals surface area contributed by atoms with Crippen molar-refractivity contribution in [2.75, 3.05) is 12.4 Å². The fourth-order valence-corrected chi connectivity index (χ4v) is 3.29. The van der Waals surface area contributed by atoms with E-state index in [1.54, 1.807) is 49.7 Å². The highest BCUT2D eigenvalue weighted by atomic mass is 16.6. The first kappa shape index (κ1) is 21.7. The number of aromatic nitrogens is 2. The van der Waals surface area contributed by atoms with E-state index in [0.29, 0.717) is 34.7 Å². The van der Waals surface area contributed by atoms with Gasteiger partial charge in [0.15, 0.2) is 0 Å². The molecule has 1 aromatic heterocycles. The SMILES string of the molecule is COC(=O)c1ccccc1Cn1nc(C)c(NC(=O)c2ccc(C)c([N+](=O)[O-])c2)c1C. The maximum atomic E-state index is 12.7. The van der Waals surface area contributed by atoms with Crippen molar-refractivity contribution in [1.82, 2.24) is 9.78 Å². The lowest BCUT2D eigenvalue weighted by atomic mass is 10.1. The number of rotatable bonds is 6. The molecule has 1 heterocycles. The number of hydrogen-bond acceptors (Lipinski definition) is 6. The molecule has 0 bridgehead atoms. The Morgan fingerprint density at radius 2 is 1.87 bits per heavy atom. The fraction of sp³-hybridized carbons (Fsp3) is 0.227. The van der Waals surface area contributed by atoms with Gasteiger partial charge in [0.2, 0.25) is 0 Å². The van der Waals surface area contributed by atoms with Gasteiger partial charge in [0.25, 0.3) is 11.6 Å². The third kappa shape index (κ3) is 4.45. The molecule has 0 unspecified atom stereocenters. The third-order valence-electron chi connectivity index (χ3n) is 5.03. The normalized spacial score (nSPS) is 10.6. The maximum absolute atomic E-state index is 12.7. The summed E-state index contributed by atoms with van der Waals surface area (Å²) in [4.78, 5) is 35.4. The maximum Gasteiger partial charge on any atom is 0.338 e. The van der Waals surface area contributed by atoms with E-state index in [4.69, 9.17) is 4.74 Å². The van der Waals surface area contributed by atoms with E-state index >= 15 is 0 Å². The number of carbonyl (C=O) groups excluding carboxylic acids is 2. The first-order valence-electron chi connectivity index (χ1n) is 9.49. The van der Waals surface area contributed by atoms with E-state index < -0.39 is 16.8 Å². The molecule has 0 aliphatic carbocycles. The van der Waals surface area contributed by atoms with Crippen molar-refractivity contribution in [3.05, 3.63) is 86.2 Å². The minimum atomic E-state index is -0.514. The van der Waals surface area contributed by atoms with Gasteiger partial charge in [0.1, 0.15) is 0 Å². The van der Waals surface area contributed by atoms with Crippen molar-refractivity contribution >= 4 is 23.3 Å². The zero-order valence-corrected chi connectivity index (χ0v) is 17.6. The second kappa shape index (κ2) is 8.78. The van der Waals surface area contributed by atoms with Crippen LogP contribution in [0.1, 0.15) is 43.2 Å². The number of ether oxygens (including phenoxy) is 1. The summed E-state index contributed by atoms with van der Waals surface area (Å²) in [7, 11) is 1.32. The second-order valence-corrected chi connectivity index (χ2v) is 7.06. The van der Waals surface area contributed by atoms with E-state index in [9.17, 15) is 19.7 Å². The lowest BCUT2D eigenvalue weighted by Gasteiger charge is -2.10. The molecule has 3 rings (SSSR count). The van der Waals surface area contributed by atoms with Gasteiger partial charge in [-0.25, -0.2) is 4.79 Å². The van der Waals surface area contributed by atoms with Crippen LogP contribution < -0.4 is 5.32 Å². The quantitative estimate of drug-likeness (QED) is 0.367. The summed E-state index contributed by atoms with van der Waals surface area (Å²) >= 11 is 0. The van der Waals surface area contributed by atoms with Gasteiger partial charge in [-0.05, 0) is 38.5 Å². The van der Waals surface area contributed by atoms with Crippen molar-refractivity contribution in [1.29, 1.82) is 0 Å². The van der Waals surface area contributed by atoms with Crippen LogP contribution in [0.3, 0.4) is 0 Å². The van der Waals surface area contributed by atoms with Gasteiger partial charge in [0, 0.05) is 17.2 Å². The van der Waals surface area contributed by atoms with Gasteiger partial charge in [-0.1, -0.05) is 24.3 Å². The predicted octanol–water partition coefficient (Wildman–Crippen LogP) is 3.80. The van der Waals surface area contributed by atoms with Crippen LogP contribution in [0.25, 0.3) is 0 Å². The van der Waals surface area contributed by atoms with Gasteiger partial charge in [-0.3, -0.25) is 19.6 Å². The topological polar surface area (TPSA) is 116 Å². The van der Waals surface area contributed by atoms with E-state index in [1.165, 1.54) is 13.2 Å². The number of anilines is 1. The molecule has 9 heteroatoms. The Labute approximate surface area is 178 Å². The van der Waals surface area contributed by atoms with Gasteiger partial charge < -0.3 is 10.1 Å². The first-order chi connectivity index (χ1) is 14.7. The number of nitrogens with one attached hydrogen (secondary N) is 1. The molecule has 0 atom stereocenters. The molecule has 1 N–H and O–H groups in total. The van der Waals surface area contributed by atoms with Crippen molar-refractivity contribution in [3.63, 3.8) is 0 Å². The smallest absolute Gasteiger partial charge is 0.338 e. The average molecular weight is 422 g/mol. The van der Waals surface area contributed by atoms with Crippen LogP contribution in [0.4, 0.5) is 11.4 Å². The van der Waals surface area contributed by atoms with Crippen molar-refractivity contribution in [2.45, 2.75) is 27.3 Å². The molecule has 0 radical (unpaired) electrons. The van der Waals surface area contributed by atoms with Crippen molar-refractivity contribution in [2.24, 2.45) is 0 Å². The molecule has 0 spiro atoms. The fourth-order valence-electron chi connectivity index (χ4n) is 3.29. The third-order valence-corrected chi connectivity index (χ3v) is 5.03. The summed E-state index contributed by atoms with van der Waals surface area (Å²) in [6.07, 6.45) is 0. The molecule has 0 saturated heterocycles. The molecule has 31 heavy (non-hydrogen) atoms. The Hall–Kier alpha value is -4.01. The zero-order valence-electron chi connectivity index (χ0n) is 17.6. The molecule has 2 aromatic carbocycles. The second-order valence-electron chi connectivity index (χ2n) is 7.06. The number of hydrogen-bond donors (Lipinski definition) is 1. The number of amides is 1. The number of methoxy groups -OCH3 is 1. The Bertz CT molecular complexity index is 1180. The van der Waals surface area contributed by atoms with Crippen LogP contribution in [0.2, 0.25) is 0 Å². The molecule has 160 valence electrons. The summed E-state index contributed by atoms with van der Waals surface area (Å²) in [5.74, 6) is -0.907. The summed E-state index contributed by atoms with van der Waals surface area (Å²) in [6.45, 7) is 5.48. The molecular formula is C22H22N4O5. The molecule has 3 aromatic rings. The number of aryl methyl sites for hydroxylation is 2. The lowest BCUT2D eigenvalue weighted by Crippen LogP contribution is -2.14. The monoisotopic (exact) mass is 422 g/mol. The number of nitro groups is 1. The predicted molar refractivity (Wildman–Crippen MR) is 114 cm³/mol. The van der Waals surface area contributed by atoms with Gasteiger partial charge >= 0.3 is 5.97 Å². The zero-order chi connectivity index (χ0) is 22.7. The van der Waals surface area contributed by atoms with Crippen LogP contribution in [-0.2, 0) is 11.3 Å². The molecule has 0 fully saturated rings.